The van der Waals surface area contributed by atoms with Crippen molar-refractivity contribution in [2.45, 2.75) is 19.4 Å². The maximum Gasteiger partial charge on any atom is 0.324 e. The van der Waals surface area contributed by atoms with Crippen molar-refractivity contribution in [3.05, 3.63) is 18.0 Å². The minimum Gasteiger partial charge on any atom is -0.467 e. The first-order valence-electron chi connectivity index (χ1n) is 7.33. The van der Waals surface area contributed by atoms with Crippen LogP contribution in [0.2, 0.25) is 0 Å². The standard InChI is InChI=1S/C14H19N7O2/c1-9-4-6-15-11(16-9)17-10-5-7-21(8-10)12-18-13(22-2)20-14(19-12)23-3/h4,6,10H,5,7-8H2,1-3H3,(H,15,16,17). The molecule has 2 aromatic rings. The second-order valence-electron chi connectivity index (χ2n) is 5.21. The molecule has 122 valence electrons. The Hall–Kier alpha value is -2.71. The van der Waals surface area contributed by atoms with Crippen LogP contribution in [0.1, 0.15) is 12.1 Å². The van der Waals surface area contributed by atoms with Crippen LogP contribution in [-0.2, 0) is 0 Å². The highest BCUT2D eigenvalue weighted by molar-refractivity contribution is 5.37. The summed E-state index contributed by atoms with van der Waals surface area (Å²) in [5, 5.41) is 3.34. The summed E-state index contributed by atoms with van der Waals surface area (Å²) < 4.78 is 10.2. The number of nitrogens with zero attached hydrogens (tertiary/aromatic N) is 6. The van der Waals surface area contributed by atoms with E-state index in [0.717, 1.165) is 25.2 Å². The quantitative estimate of drug-likeness (QED) is 0.853. The Morgan fingerprint density at radius 1 is 1.13 bits per heavy atom. The molecule has 1 fully saturated rings. The lowest BCUT2D eigenvalue weighted by atomic mass is 10.3. The van der Waals surface area contributed by atoms with Gasteiger partial charge in [0, 0.05) is 31.0 Å². The molecule has 1 saturated heterocycles. The average molecular weight is 317 g/mol. The van der Waals surface area contributed by atoms with Gasteiger partial charge in [-0.3, -0.25) is 0 Å². The van der Waals surface area contributed by atoms with E-state index in [1.807, 2.05) is 13.0 Å². The first kappa shape index (κ1) is 15.2. The van der Waals surface area contributed by atoms with Crippen molar-refractivity contribution < 1.29 is 9.47 Å². The van der Waals surface area contributed by atoms with E-state index in [0.29, 0.717) is 11.9 Å². The monoisotopic (exact) mass is 317 g/mol. The normalized spacial score (nSPS) is 17.2. The van der Waals surface area contributed by atoms with Gasteiger partial charge in [0.1, 0.15) is 0 Å². The van der Waals surface area contributed by atoms with E-state index in [1.165, 1.54) is 14.2 Å². The Morgan fingerprint density at radius 2 is 1.87 bits per heavy atom. The molecule has 23 heavy (non-hydrogen) atoms. The van der Waals surface area contributed by atoms with Gasteiger partial charge in [0.15, 0.2) is 0 Å². The zero-order chi connectivity index (χ0) is 16.2. The van der Waals surface area contributed by atoms with Crippen molar-refractivity contribution in [2.24, 2.45) is 0 Å². The molecule has 0 radical (unpaired) electrons. The fourth-order valence-electron chi connectivity index (χ4n) is 2.41. The van der Waals surface area contributed by atoms with Gasteiger partial charge in [-0.1, -0.05) is 0 Å². The van der Waals surface area contributed by atoms with E-state index in [2.05, 4.69) is 35.1 Å². The van der Waals surface area contributed by atoms with Gasteiger partial charge in [-0.05, 0) is 19.4 Å². The number of aromatic nitrogens is 5. The third-order valence-electron chi connectivity index (χ3n) is 3.55. The van der Waals surface area contributed by atoms with Crippen LogP contribution in [0, 0.1) is 6.92 Å². The third-order valence-corrected chi connectivity index (χ3v) is 3.55. The molecule has 0 bridgehead atoms. The average Bonchev–Trinajstić information content (AvgIpc) is 3.03. The molecule has 0 amide bonds. The van der Waals surface area contributed by atoms with Gasteiger partial charge in [-0.15, -0.1) is 4.98 Å². The Morgan fingerprint density at radius 3 is 2.52 bits per heavy atom. The molecule has 1 aliphatic rings. The maximum absolute atomic E-state index is 5.09. The molecule has 1 unspecified atom stereocenters. The molecule has 0 spiro atoms. The van der Waals surface area contributed by atoms with E-state index in [4.69, 9.17) is 9.47 Å². The fourth-order valence-corrected chi connectivity index (χ4v) is 2.41. The smallest absolute Gasteiger partial charge is 0.324 e. The summed E-state index contributed by atoms with van der Waals surface area (Å²) in [6.45, 7) is 3.50. The Bertz CT molecular complexity index is 660. The molecular weight excluding hydrogens is 298 g/mol. The van der Waals surface area contributed by atoms with Crippen LogP contribution in [-0.4, -0.2) is 58.3 Å². The molecule has 1 N–H and O–H groups in total. The van der Waals surface area contributed by atoms with Crippen LogP contribution < -0.4 is 19.7 Å². The molecule has 0 aromatic carbocycles. The summed E-state index contributed by atoms with van der Waals surface area (Å²) in [5.74, 6) is 1.19. The van der Waals surface area contributed by atoms with E-state index >= 15 is 0 Å². The van der Waals surface area contributed by atoms with Gasteiger partial charge in [-0.2, -0.15) is 9.97 Å². The van der Waals surface area contributed by atoms with Crippen LogP contribution in [0.4, 0.5) is 11.9 Å². The van der Waals surface area contributed by atoms with Gasteiger partial charge >= 0.3 is 12.0 Å². The third kappa shape index (κ3) is 3.55. The predicted molar refractivity (Wildman–Crippen MR) is 83.9 cm³/mol. The van der Waals surface area contributed by atoms with Crippen LogP contribution in [0.5, 0.6) is 12.0 Å². The lowest BCUT2D eigenvalue weighted by molar-refractivity contribution is 0.340. The topological polar surface area (TPSA) is 98.2 Å². The molecule has 0 aliphatic carbocycles. The number of ether oxygens (including phenoxy) is 2. The van der Waals surface area contributed by atoms with E-state index < -0.39 is 0 Å². The highest BCUT2D eigenvalue weighted by atomic mass is 16.5. The second-order valence-corrected chi connectivity index (χ2v) is 5.21. The lowest BCUT2D eigenvalue weighted by Gasteiger charge is -2.17. The van der Waals surface area contributed by atoms with Crippen molar-refractivity contribution in [3.8, 4) is 12.0 Å². The predicted octanol–water partition coefficient (Wildman–Crippen LogP) is 0.678. The fraction of sp³-hybridized carbons (Fsp3) is 0.500. The molecule has 1 atom stereocenters. The molecule has 2 aromatic heterocycles. The Kier molecular flexibility index (Phi) is 4.35. The number of nitrogens with one attached hydrogen (secondary N) is 1. The number of aryl methyl sites for hydroxylation is 1. The summed E-state index contributed by atoms with van der Waals surface area (Å²) in [5.41, 5.74) is 0.935. The first-order chi connectivity index (χ1) is 11.2. The summed E-state index contributed by atoms with van der Waals surface area (Å²) in [4.78, 5) is 23.2. The molecule has 0 saturated carbocycles. The second kappa shape index (κ2) is 6.59. The van der Waals surface area contributed by atoms with Crippen molar-refractivity contribution in [3.63, 3.8) is 0 Å². The number of rotatable bonds is 5. The summed E-state index contributed by atoms with van der Waals surface area (Å²) >= 11 is 0. The zero-order valence-corrected chi connectivity index (χ0v) is 13.4. The molecule has 1 aliphatic heterocycles. The van der Waals surface area contributed by atoms with Gasteiger partial charge in [0.25, 0.3) is 0 Å². The maximum atomic E-state index is 5.09. The van der Waals surface area contributed by atoms with Gasteiger partial charge in [0.2, 0.25) is 11.9 Å². The van der Waals surface area contributed by atoms with Crippen molar-refractivity contribution >= 4 is 11.9 Å². The van der Waals surface area contributed by atoms with Gasteiger partial charge in [0.05, 0.1) is 14.2 Å². The minimum absolute atomic E-state index is 0.227. The first-order valence-corrected chi connectivity index (χ1v) is 7.33. The van der Waals surface area contributed by atoms with Crippen molar-refractivity contribution in [1.82, 2.24) is 24.9 Å². The molecule has 9 nitrogen and oxygen atoms in total. The van der Waals surface area contributed by atoms with Gasteiger partial charge < -0.3 is 19.7 Å². The minimum atomic E-state index is 0.227. The largest absolute Gasteiger partial charge is 0.467 e. The molecule has 9 heteroatoms. The molecule has 3 rings (SSSR count). The van der Waals surface area contributed by atoms with Crippen LogP contribution in [0.15, 0.2) is 12.3 Å². The summed E-state index contributed by atoms with van der Waals surface area (Å²) in [7, 11) is 3.03. The van der Waals surface area contributed by atoms with Crippen LogP contribution in [0.3, 0.4) is 0 Å². The Labute approximate surface area is 134 Å². The number of hydrogen-bond acceptors (Lipinski definition) is 9. The highest BCUT2D eigenvalue weighted by Crippen LogP contribution is 2.21. The number of anilines is 2. The summed E-state index contributed by atoms with van der Waals surface area (Å²) in [6, 6.07) is 2.58. The number of hydrogen-bond donors (Lipinski definition) is 1. The molecule has 3 heterocycles. The number of methoxy groups -OCH3 is 2. The lowest BCUT2D eigenvalue weighted by Crippen LogP contribution is -2.28. The van der Waals surface area contributed by atoms with E-state index in [9.17, 15) is 0 Å². The molecular formula is C14H19N7O2. The Balaban J connectivity index is 1.70. The van der Waals surface area contributed by atoms with Crippen LogP contribution >= 0.6 is 0 Å². The summed E-state index contributed by atoms with van der Waals surface area (Å²) in [6.07, 6.45) is 2.69. The van der Waals surface area contributed by atoms with Crippen LogP contribution in [0.25, 0.3) is 0 Å². The van der Waals surface area contributed by atoms with Crippen molar-refractivity contribution in [1.29, 1.82) is 0 Å². The van der Waals surface area contributed by atoms with Gasteiger partial charge in [-0.25, -0.2) is 9.97 Å². The van der Waals surface area contributed by atoms with E-state index in [-0.39, 0.29) is 18.1 Å². The van der Waals surface area contributed by atoms with E-state index in [1.54, 1.807) is 6.20 Å². The highest BCUT2D eigenvalue weighted by Gasteiger charge is 2.26. The SMILES string of the molecule is COc1nc(OC)nc(N2CCC(Nc3nccc(C)n3)C2)n1. The van der Waals surface area contributed by atoms with Crippen molar-refractivity contribution in [2.75, 3.05) is 37.5 Å². The zero-order valence-electron chi connectivity index (χ0n) is 13.4.